The number of nitrogens with two attached hydrogens (primary N) is 1. The number of benzene rings is 1. The fourth-order valence-electron chi connectivity index (χ4n) is 0.812. The van der Waals surface area contributed by atoms with Crippen LogP contribution >= 0.6 is 0 Å². The molecule has 0 aliphatic rings. The highest BCUT2D eigenvalue weighted by atomic mass is 32.2. The second-order valence-electron chi connectivity index (χ2n) is 2.34. The average molecular weight is 198 g/mol. The van der Waals surface area contributed by atoms with E-state index in [1.54, 1.807) is 6.07 Å². The van der Waals surface area contributed by atoms with E-state index in [-0.39, 0.29) is 5.56 Å². The summed E-state index contributed by atoms with van der Waals surface area (Å²) in [5.74, 6) is -0.457. The standard InChI is InChI=1S/C7H6N2O3S/c8-4-5-1-2-6(10)7(3-5)13(9,11)12/h1-3,10H,(H2,9,11,12). The lowest BCUT2D eigenvalue weighted by molar-refractivity contribution is 0.459. The minimum atomic E-state index is -3.97. The molecule has 1 rings (SSSR count). The molecule has 0 amide bonds. The summed E-state index contributed by atoms with van der Waals surface area (Å²) in [5, 5.41) is 22.3. The van der Waals surface area contributed by atoms with Gasteiger partial charge in [-0.3, -0.25) is 0 Å². The third-order valence-corrected chi connectivity index (χ3v) is 2.34. The van der Waals surface area contributed by atoms with Crippen LogP contribution in [0.25, 0.3) is 0 Å². The first kappa shape index (κ1) is 9.51. The Morgan fingerprint density at radius 1 is 1.46 bits per heavy atom. The van der Waals surface area contributed by atoms with Crippen molar-refractivity contribution in [2.45, 2.75) is 4.90 Å². The number of aromatic hydroxyl groups is 1. The SMILES string of the molecule is N#Cc1ccc(O)c(S(N)(=O)=O)c1. The summed E-state index contributed by atoms with van der Waals surface area (Å²) in [4.78, 5) is -0.438. The minimum Gasteiger partial charge on any atom is -0.507 e. The van der Waals surface area contributed by atoms with E-state index in [0.29, 0.717) is 0 Å². The summed E-state index contributed by atoms with van der Waals surface area (Å²) >= 11 is 0. The van der Waals surface area contributed by atoms with Crippen molar-refractivity contribution in [2.75, 3.05) is 0 Å². The van der Waals surface area contributed by atoms with Gasteiger partial charge >= 0.3 is 0 Å². The summed E-state index contributed by atoms with van der Waals surface area (Å²) in [7, 11) is -3.97. The van der Waals surface area contributed by atoms with Crippen LogP contribution in [0, 0.1) is 11.3 Å². The predicted octanol–water partition coefficient (Wildman–Crippen LogP) is -0.0887. The van der Waals surface area contributed by atoms with Crippen molar-refractivity contribution in [3.63, 3.8) is 0 Å². The van der Waals surface area contributed by atoms with Gasteiger partial charge in [0.2, 0.25) is 10.0 Å². The van der Waals surface area contributed by atoms with Crippen LogP contribution in [0.1, 0.15) is 5.56 Å². The zero-order valence-electron chi connectivity index (χ0n) is 6.43. The van der Waals surface area contributed by atoms with Gasteiger partial charge in [0.1, 0.15) is 10.6 Å². The summed E-state index contributed by atoms with van der Waals surface area (Å²) in [6, 6.07) is 5.16. The van der Waals surface area contributed by atoms with Gasteiger partial charge in [0.05, 0.1) is 11.6 Å². The van der Waals surface area contributed by atoms with Crippen LogP contribution in [0.3, 0.4) is 0 Å². The molecule has 0 unspecified atom stereocenters. The molecule has 0 heterocycles. The number of hydrogen-bond donors (Lipinski definition) is 2. The van der Waals surface area contributed by atoms with E-state index in [1.165, 1.54) is 6.07 Å². The topological polar surface area (TPSA) is 104 Å². The molecule has 0 radical (unpaired) electrons. The normalized spacial score (nSPS) is 10.8. The van der Waals surface area contributed by atoms with Gasteiger partial charge in [-0.15, -0.1) is 0 Å². The number of rotatable bonds is 1. The van der Waals surface area contributed by atoms with Crippen LogP contribution in [-0.2, 0) is 10.0 Å². The highest BCUT2D eigenvalue weighted by molar-refractivity contribution is 7.89. The maximum absolute atomic E-state index is 10.8. The fraction of sp³-hybridized carbons (Fsp3) is 0. The number of phenolic OH excluding ortho intramolecular Hbond substituents is 1. The third-order valence-electron chi connectivity index (χ3n) is 1.40. The van der Waals surface area contributed by atoms with Crippen LogP contribution in [0.15, 0.2) is 23.1 Å². The highest BCUT2D eigenvalue weighted by Crippen LogP contribution is 2.21. The molecule has 0 atom stereocenters. The number of hydrogen-bond acceptors (Lipinski definition) is 4. The van der Waals surface area contributed by atoms with Crippen LogP contribution in [0.4, 0.5) is 0 Å². The molecule has 1 aromatic rings. The first-order valence-electron chi connectivity index (χ1n) is 3.21. The molecule has 0 saturated carbocycles. The first-order chi connectivity index (χ1) is 5.95. The molecular formula is C7H6N2O3S. The molecule has 68 valence electrons. The third kappa shape index (κ3) is 1.96. The Morgan fingerprint density at radius 2 is 2.08 bits per heavy atom. The summed E-state index contributed by atoms with van der Waals surface area (Å²) in [6.07, 6.45) is 0. The number of phenols is 1. The molecule has 0 fully saturated rings. The lowest BCUT2D eigenvalue weighted by atomic mass is 10.2. The van der Waals surface area contributed by atoms with Crippen molar-refractivity contribution in [1.29, 1.82) is 5.26 Å². The molecule has 0 saturated heterocycles. The molecule has 1 aromatic carbocycles. The number of nitriles is 1. The van der Waals surface area contributed by atoms with Gasteiger partial charge in [-0.2, -0.15) is 5.26 Å². The van der Waals surface area contributed by atoms with Crippen molar-refractivity contribution in [3.8, 4) is 11.8 Å². The Bertz CT molecular complexity index is 473. The molecular weight excluding hydrogens is 192 g/mol. The van der Waals surface area contributed by atoms with Crippen molar-refractivity contribution in [2.24, 2.45) is 5.14 Å². The first-order valence-corrected chi connectivity index (χ1v) is 4.75. The molecule has 6 heteroatoms. The van der Waals surface area contributed by atoms with Crippen molar-refractivity contribution in [1.82, 2.24) is 0 Å². The summed E-state index contributed by atoms with van der Waals surface area (Å²) in [6.45, 7) is 0. The summed E-state index contributed by atoms with van der Waals surface area (Å²) < 4.78 is 21.7. The van der Waals surface area contributed by atoms with Gasteiger partial charge in [0, 0.05) is 0 Å². The van der Waals surface area contributed by atoms with Gasteiger partial charge in [0.15, 0.2) is 0 Å². The Morgan fingerprint density at radius 3 is 2.54 bits per heavy atom. The largest absolute Gasteiger partial charge is 0.507 e. The minimum absolute atomic E-state index is 0.127. The van der Waals surface area contributed by atoms with E-state index in [9.17, 15) is 8.42 Å². The Kier molecular flexibility index (Phi) is 2.23. The summed E-state index contributed by atoms with van der Waals surface area (Å²) in [5.41, 5.74) is 0.127. The Balaban J connectivity index is 3.47. The zero-order valence-corrected chi connectivity index (χ0v) is 7.25. The zero-order chi connectivity index (χ0) is 10.1. The molecule has 3 N–H and O–H groups in total. The monoisotopic (exact) mass is 198 g/mol. The van der Waals surface area contributed by atoms with Crippen LogP contribution in [0.2, 0.25) is 0 Å². The fourth-order valence-corrected chi connectivity index (χ4v) is 1.46. The maximum Gasteiger partial charge on any atom is 0.241 e. The molecule has 5 nitrogen and oxygen atoms in total. The molecule has 0 aromatic heterocycles. The molecule has 0 bridgehead atoms. The van der Waals surface area contributed by atoms with Gasteiger partial charge in [-0.1, -0.05) is 0 Å². The lowest BCUT2D eigenvalue weighted by Crippen LogP contribution is -2.12. The van der Waals surface area contributed by atoms with Crippen LogP contribution in [-0.4, -0.2) is 13.5 Å². The number of primary sulfonamides is 1. The van der Waals surface area contributed by atoms with E-state index < -0.39 is 20.7 Å². The van der Waals surface area contributed by atoms with Gasteiger partial charge in [-0.25, -0.2) is 13.6 Å². The quantitative estimate of drug-likeness (QED) is 0.657. The predicted molar refractivity (Wildman–Crippen MR) is 44.2 cm³/mol. The average Bonchev–Trinajstić information content (AvgIpc) is 2.03. The Hall–Kier alpha value is -1.58. The smallest absolute Gasteiger partial charge is 0.241 e. The van der Waals surface area contributed by atoms with E-state index in [1.807, 2.05) is 0 Å². The van der Waals surface area contributed by atoms with Gasteiger partial charge in [0.25, 0.3) is 0 Å². The molecule has 0 aliphatic heterocycles. The number of nitrogens with zero attached hydrogens (tertiary/aromatic N) is 1. The van der Waals surface area contributed by atoms with E-state index in [0.717, 1.165) is 12.1 Å². The molecule has 0 aliphatic carbocycles. The maximum atomic E-state index is 10.8. The molecule has 0 spiro atoms. The van der Waals surface area contributed by atoms with Crippen molar-refractivity contribution >= 4 is 10.0 Å². The van der Waals surface area contributed by atoms with E-state index >= 15 is 0 Å². The molecule has 13 heavy (non-hydrogen) atoms. The van der Waals surface area contributed by atoms with Crippen LogP contribution < -0.4 is 5.14 Å². The second kappa shape index (κ2) is 3.05. The number of sulfonamides is 1. The second-order valence-corrected chi connectivity index (χ2v) is 3.87. The highest BCUT2D eigenvalue weighted by Gasteiger charge is 2.13. The van der Waals surface area contributed by atoms with E-state index in [4.69, 9.17) is 15.5 Å². The van der Waals surface area contributed by atoms with E-state index in [2.05, 4.69) is 0 Å². The van der Waals surface area contributed by atoms with Crippen LogP contribution in [0.5, 0.6) is 5.75 Å². The van der Waals surface area contributed by atoms with Crippen molar-refractivity contribution in [3.05, 3.63) is 23.8 Å². The lowest BCUT2D eigenvalue weighted by Gasteiger charge is -2.00. The van der Waals surface area contributed by atoms with Gasteiger partial charge < -0.3 is 5.11 Å². The Labute approximate surface area is 75.1 Å². The van der Waals surface area contributed by atoms with Crippen molar-refractivity contribution < 1.29 is 13.5 Å². The van der Waals surface area contributed by atoms with Gasteiger partial charge in [-0.05, 0) is 18.2 Å².